The first kappa shape index (κ1) is 15.2. The Morgan fingerprint density at radius 2 is 2.13 bits per heavy atom. The number of hydrogen-bond acceptors (Lipinski definition) is 3. The predicted molar refractivity (Wildman–Crippen MR) is 89.2 cm³/mol. The van der Waals surface area contributed by atoms with Crippen LogP contribution in [0.25, 0.3) is 0 Å². The van der Waals surface area contributed by atoms with Crippen LogP contribution in [0.2, 0.25) is 0 Å². The number of benzene rings is 1. The summed E-state index contributed by atoms with van der Waals surface area (Å²) in [5, 5.41) is 0. The molecule has 1 aromatic carbocycles. The largest absolute Gasteiger partial charge is 0.381 e. The second-order valence-corrected chi connectivity index (χ2v) is 7.52. The molecule has 4 nitrogen and oxygen atoms in total. The van der Waals surface area contributed by atoms with Gasteiger partial charge in [0.25, 0.3) is 0 Å². The highest BCUT2D eigenvalue weighted by Crippen LogP contribution is 2.49. The fraction of sp³-hybridized carbons (Fsp3) is 0.632. The zero-order chi connectivity index (χ0) is 15.9. The van der Waals surface area contributed by atoms with Gasteiger partial charge in [-0.3, -0.25) is 4.79 Å². The van der Waals surface area contributed by atoms with Crippen LogP contribution in [0.4, 0.5) is 0 Å². The molecule has 0 aromatic heterocycles. The molecule has 3 fully saturated rings. The maximum atomic E-state index is 13.0. The van der Waals surface area contributed by atoms with Gasteiger partial charge in [0.15, 0.2) is 0 Å². The van der Waals surface area contributed by atoms with E-state index in [2.05, 4.69) is 35.2 Å². The molecular weight excluding hydrogens is 288 g/mol. The minimum Gasteiger partial charge on any atom is -0.381 e. The average Bonchev–Trinajstić information content (AvgIpc) is 3.27. The Balaban J connectivity index is 1.60. The Labute approximate surface area is 138 Å². The molecule has 23 heavy (non-hydrogen) atoms. The van der Waals surface area contributed by atoms with E-state index in [1.807, 2.05) is 11.9 Å². The Bertz CT molecular complexity index is 570. The van der Waals surface area contributed by atoms with Gasteiger partial charge in [0.1, 0.15) is 0 Å². The molecule has 3 heterocycles. The topological polar surface area (TPSA) is 32.8 Å². The van der Waals surface area contributed by atoms with E-state index in [-0.39, 0.29) is 5.41 Å². The molecule has 3 aliphatic rings. The Morgan fingerprint density at radius 1 is 1.30 bits per heavy atom. The molecule has 1 amide bonds. The van der Waals surface area contributed by atoms with E-state index in [0.717, 1.165) is 52.2 Å². The lowest BCUT2D eigenvalue weighted by Crippen LogP contribution is -2.38. The Kier molecular flexibility index (Phi) is 3.90. The van der Waals surface area contributed by atoms with Gasteiger partial charge >= 0.3 is 0 Å². The molecule has 1 aromatic rings. The molecule has 0 bridgehead atoms. The monoisotopic (exact) mass is 314 g/mol. The van der Waals surface area contributed by atoms with Gasteiger partial charge in [-0.2, -0.15) is 0 Å². The molecule has 3 saturated heterocycles. The number of ether oxygens (including phenoxy) is 1. The first-order valence-corrected chi connectivity index (χ1v) is 8.80. The molecule has 0 radical (unpaired) electrons. The van der Waals surface area contributed by atoms with E-state index in [1.54, 1.807) is 0 Å². The zero-order valence-corrected chi connectivity index (χ0v) is 13.9. The summed E-state index contributed by atoms with van der Waals surface area (Å²) in [6.07, 6.45) is 2.15. The Morgan fingerprint density at radius 3 is 2.78 bits per heavy atom. The van der Waals surface area contributed by atoms with Crippen molar-refractivity contribution in [2.45, 2.75) is 18.8 Å². The van der Waals surface area contributed by atoms with Crippen molar-refractivity contribution in [2.75, 3.05) is 46.4 Å². The van der Waals surface area contributed by atoms with Crippen molar-refractivity contribution in [3.05, 3.63) is 35.9 Å². The molecule has 124 valence electrons. The highest BCUT2D eigenvalue weighted by molar-refractivity contribution is 5.86. The molecule has 3 aliphatic heterocycles. The SMILES string of the molecule is CN1CC[C@@]2(CN(CC3CCOC3)C[C@@H]2c2ccccc2)C1=O. The average molecular weight is 314 g/mol. The molecule has 0 saturated carbocycles. The minimum absolute atomic E-state index is 0.213. The maximum Gasteiger partial charge on any atom is 0.230 e. The third-order valence-corrected chi connectivity index (χ3v) is 6.02. The molecule has 4 rings (SSSR count). The number of likely N-dealkylation sites (tertiary alicyclic amines) is 2. The molecule has 3 atom stereocenters. The van der Waals surface area contributed by atoms with E-state index < -0.39 is 0 Å². The summed E-state index contributed by atoms with van der Waals surface area (Å²) in [5.74, 6) is 1.30. The fourth-order valence-corrected chi connectivity index (χ4v) is 4.77. The predicted octanol–water partition coefficient (Wildman–Crippen LogP) is 1.97. The molecule has 0 aliphatic carbocycles. The van der Waals surface area contributed by atoms with E-state index >= 15 is 0 Å². The van der Waals surface area contributed by atoms with Crippen LogP contribution in [0.15, 0.2) is 30.3 Å². The van der Waals surface area contributed by atoms with Crippen LogP contribution in [0, 0.1) is 11.3 Å². The quantitative estimate of drug-likeness (QED) is 0.855. The van der Waals surface area contributed by atoms with Gasteiger partial charge in [-0.15, -0.1) is 0 Å². The molecule has 4 heteroatoms. The highest BCUT2D eigenvalue weighted by Gasteiger charge is 2.56. The third kappa shape index (κ3) is 2.58. The van der Waals surface area contributed by atoms with Crippen LogP contribution in [0.5, 0.6) is 0 Å². The highest BCUT2D eigenvalue weighted by atomic mass is 16.5. The summed E-state index contributed by atoms with van der Waals surface area (Å²) in [7, 11) is 1.95. The molecule has 1 unspecified atom stereocenters. The summed E-state index contributed by atoms with van der Waals surface area (Å²) >= 11 is 0. The first-order chi connectivity index (χ1) is 11.2. The van der Waals surface area contributed by atoms with E-state index in [9.17, 15) is 4.79 Å². The van der Waals surface area contributed by atoms with Crippen LogP contribution < -0.4 is 0 Å². The smallest absolute Gasteiger partial charge is 0.230 e. The molecule has 1 spiro atoms. The zero-order valence-electron chi connectivity index (χ0n) is 13.9. The number of hydrogen-bond donors (Lipinski definition) is 0. The summed E-state index contributed by atoms with van der Waals surface area (Å²) < 4.78 is 5.53. The van der Waals surface area contributed by atoms with Crippen molar-refractivity contribution in [2.24, 2.45) is 11.3 Å². The number of amides is 1. The summed E-state index contributed by atoms with van der Waals surface area (Å²) in [6, 6.07) is 10.6. The normalized spacial score (nSPS) is 34.8. The van der Waals surface area contributed by atoms with Crippen LogP contribution in [-0.2, 0) is 9.53 Å². The van der Waals surface area contributed by atoms with E-state index in [1.165, 1.54) is 5.56 Å². The second-order valence-electron chi connectivity index (χ2n) is 7.52. The van der Waals surface area contributed by atoms with Crippen molar-refractivity contribution in [1.82, 2.24) is 9.80 Å². The third-order valence-electron chi connectivity index (χ3n) is 6.02. The van der Waals surface area contributed by atoms with Crippen molar-refractivity contribution in [3.63, 3.8) is 0 Å². The second kappa shape index (κ2) is 5.91. The van der Waals surface area contributed by atoms with Gasteiger partial charge in [-0.05, 0) is 24.3 Å². The van der Waals surface area contributed by atoms with Gasteiger partial charge in [-0.25, -0.2) is 0 Å². The number of rotatable bonds is 3. The fourth-order valence-electron chi connectivity index (χ4n) is 4.77. The summed E-state index contributed by atoms with van der Waals surface area (Å²) in [5.41, 5.74) is 1.11. The van der Waals surface area contributed by atoms with Gasteiger partial charge < -0.3 is 14.5 Å². The van der Waals surface area contributed by atoms with Crippen LogP contribution in [0.3, 0.4) is 0 Å². The van der Waals surface area contributed by atoms with Gasteiger partial charge in [0.05, 0.1) is 12.0 Å². The number of carbonyl (C=O) groups is 1. The molecular formula is C19H26N2O2. The van der Waals surface area contributed by atoms with Crippen LogP contribution in [-0.4, -0.2) is 62.1 Å². The summed E-state index contributed by atoms with van der Waals surface area (Å²) in [4.78, 5) is 17.4. The van der Waals surface area contributed by atoms with Crippen molar-refractivity contribution in [3.8, 4) is 0 Å². The molecule has 0 N–H and O–H groups in total. The van der Waals surface area contributed by atoms with Crippen LogP contribution in [0.1, 0.15) is 24.3 Å². The van der Waals surface area contributed by atoms with Gasteiger partial charge in [0, 0.05) is 45.8 Å². The van der Waals surface area contributed by atoms with Gasteiger partial charge in [0.2, 0.25) is 5.91 Å². The lowest BCUT2D eigenvalue weighted by molar-refractivity contribution is -0.135. The standard InChI is InChI=1S/C19H26N2O2/c1-20-9-8-19(18(20)22)14-21(11-15-7-10-23-13-15)12-17(19)16-5-3-2-4-6-16/h2-6,15,17H,7-14H2,1H3/t15?,17-,19+/m1/s1. The summed E-state index contributed by atoms with van der Waals surface area (Å²) in [6.45, 7) is 5.65. The lowest BCUT2D eigenvalue weighted by Gasteiger charge is -2.28. The van der Waals surface area contributed by atoms with Crippen LogP contribution >= 0.6 is 0 Å². The lowest BCUT2D eigenvalue weighted by atomic mass is 9.73. The van der Waals surface area contributed by atoms with Crippen molar-refractivity contribution >= 4 is 5.91 Å². The first-order valence-electron chi connectivity index (χ1n) is 8.80. The van der Waals surface area contributed by atoms with E-state index in [0.29, 0.717) is 17.7 Å². The van der Waals surface area contributed by atoms with E-state index in [4.69, 9.17) is 4.74 Å². The maximum absolute atomic E-state index is 13.0. The number of carbonyl (C=O) groups excluding carboxylic acids is 1. The van der Waals surface area contributed by atoms with Crippen molar-refractivity contribution in [1.29, 1.82) is 0 Å². The van der Waals surface area contributed by atoms with Crippen molar-refractivity contribution < 1.29 is 9.53 Å². The minimum atomic E-state index is -0.213. The number of nitrogens with zero attached hydrogens (tertiary/aromatic N) is 2. The van der Waals surface area contributed by atoms with Gasteiger partial charge in [-0.1, -0.05) is 30.3 Å². The Hall–Kier alpha value is -1.39.